The molecule has 0 saturated carbocycles. The third-order valence-electron chi connectivity index (χ3n) is 3.06. The van der Waals surface area contributed by atoms with E-state index >= 15 is 0 Å². The Labute approximate surface area is 126 Å². The first-order chi connectivity index (χ1) is 9.97. The lowest BCUT2D eigenvalue weighted by atomic mass is 10.0. The van der Waals surface area contributed by atoms with E-state index in [1.165, 1.54) is 6.92 Å². The molecule has 6 nitrogen and oxygen atoms in total. The van der Waals surface area contributed by atoms with Crippen LogP contribution in [0.1, 0.15) is 25.0 Å². The number of aliphatic hydroxyl groups is 2. The van der Waals surface area contributed by atoms with Crippen molar-refractivity contribution in [3.8, 4) is 5.75 Å². The molecule has 0 aliphatic carbocycles. The summed E-state index contributed by atoms with van der Waals surface area (Å²) in [7, 11) is 0. The predicted molar refractivity (Wildman–Crippen MR) is 79.3 cm³/mol. The third-order valence-corrected chi connectivity index (χ3v) is 3.91. The number of hydrogen-bond donors (Lipinski definition) is 3. The maximum absolute atomic E-state index is 11.3. The second-order valence-electron chi connectivity index (χ2n) is 4.73. The quantitative estimate of drug-likeness (QED) is 0.753. The van der Waals surface area contributed by atoms with Gasteiger partial charge in [0.1, 0.15) is 11.9 Å². The van der Waals surface area contributed by atoms with E-state index in [9.17, 15) is 19.8 Å². The normalized spacial score (nSPS) is 16.4. The van der Waals surface area contributed by atoms with E-state index in [0.717, 1.165) is 11.8 Å². The molecule has 3 N–H and O–H groups in total. The Morgan fingerprint density at radius 1 is 1.48 bits per heavy atom. The molecule has 0 fully saturated rings. The highest BCUT2D eigenvalue weighted by Crippen LogP contribution is 2.32. The number of ether oxygens (including phenoxy) is 1. The average molecular weight is 311 g/mol. The zero-order valence-corrected chi connectivity index (χ0v) is 12.4. The van der Waals surface area contributed by atoms with Crippen LogP contribution in [-0.2, 0) is 9.59 Å². The topological polar surface area (TPSA) is 95.9 Å². The maximum Gasteiger partial charge on any atom is 0.262 e. The minimum atomic E-state index is -1.08. The van der Waals surface area contributed by atoms with E-state index < -0.39 is 12.2 Å². The first kappa shape index (κ1) is 15.8. The third kappa shape index (κ3) is 4.20. The van der Waals surface area contributed by atoms with Crippen LogP contribution in [-0.4, -0.2) is 39.7 Å². The van der Waals surface area contributed by atoms with Crippen molar-refractivity contribution in [3.63, 3.8) is 0 Å². The number of hydrogen-bond acceptors (Lipinski definition) is 6. The number of nitrogens with one attached hydrogen (secondary N) is 1. The molecule has 0 saturated heterocycles. The van der Waals surface area contributed by atoms with Crippen LogP contribution in [0.2, 0.25) is 0 Å². The Hall–Kier alpha value is -1.57. The Morgan fingerprint density at radius 3 is 2.95 bits per heavy atom. The van der Waals surface area contributed by atoms with Crippen molar-refractivity contribution < 1.29 is 24.5 Å². The van der Waals surface area contributed by atoms with Crippen molar-refractivity contribution in [2.75, 3.05) is 17.7 Å². The second-order valence-corrected chi connectivity index (χ2v) is 6.01. The van der Waals surface area contributed by atoms with Gasteiger partial charge < -0.3 is 20.3 Å². The van der Waals surface area contributed by atoms with Crippen molar-refractivity contribution >= 4 is 28.5 Å². The van der Waals surface area contributed by atoms with E-state index in [1.807, 2.05) is 0 Å². The van der Waals surface area contributed by atoms with Crippen LogP contribution in [0.5, 0.6) is 5.75 Å². The second kappa shape index (κ2) is 6.93. The molecule has 7 heteroatoms. The van der Waals surface area contributed by atoms with Gasteiger partial charge in [0.05, 0.1) is 11.8 Å². The number of carbonyl (C=O) groups is 2. The number of thioether (sulfide) groups is 1. The lowest BCUT2D eigenvalue weighted by Gasteiger charge is -2.22. The smallest absolute Gasteiger partial charge is 0.262 e. The number of benzene rings is 1. The predicted octanol–water partition coefficient (Wildman–Crippen LogP) is 1.08. The van der Waals surface area contributed by atoms with Crippen LogP contribution in [0.25, 0.3) is 0 Å². The molecule has 1 aliphatic rings. The number of carbonyl (C=O) groups excluding carboxylic acids is 2. The molecule has 1 amide bonds. The molecule has 0 bridgehead atoms. The molecule has 114 valence electrons. The van der Waals surface area contributed by atoms with Crippen LogP contribution < -0.4 is 10.1 Å². The molecule has 1 aromatic rings. The van der Waals surface area contributed by atoms with Crippen molar-refractivity contribution in [1.82, 2.24) is 0 Å². The summed E-state index contributed by atoms with van der Waals surface area (Å²) in [6.45, 7) is 1.43. The molecular formula is C14H17NO5S. The van der Waals surface area contributed by atoms with Gasteiger partial charge in [-0.15, -0.1) is 0 Å². The number of aliphatic hydroxyl groups excluding tert-OH is 2. The van der Waals surface area contributed by atoms with Gasteiger partial charge in [0.25, 0.3) is 5.91 Å². The standard InChI is InChI=1S/C14H17NO5S/c1-8(16)21-5-4-11(17)14(19)9-2-3-12-10(6-9)15-13(18)7-20-12/h2-3,6,11,14,17,19H,4-5,7H2,1H3,(H,15,18). The lowest BCUT2D eigenvalue weighted by Crippen LogP contribution is -2.26. The Bertz CT molecular complexity index is 548. The average Bonchev–Trinajstić information content (AvgIpc) is 2.45. The fourth-order valence-corrected chi connectivity index (χ4v) is 2.63. The molecular weight excluding hydrogens is 294 g/mol. The van der Waals surface area contributed by atoms with Crippen molar-refractivity contribution in [2.24, 2.45) is 0 Å². The minimum absolute atomic E-state index is 0.0228. The van der Waals surface area contributed by atoms with Crippen LogP contribution in [0.4, 0.5) is 5.69 Å². The van der Waals surface area contributed by atoms with E-state index in [2.05, 4.69) is 5.32 Å². The van der Waals surface area contributed by atoms with E-state index in [4.69, 9.17) is 4.74 Å². The number of fused-ring (bicyclic) bond motifs is 1. The highest BCUT2D eigenvalue weighted by atomic mass is 32.2. The summed E-state index contributed by atoms with van der Waals surface area (Å²) in [5.74, 6) is 0.720. The summed E-state index contributed by atoms with van der Waals surface area (Å²) >= 11 is 1.11. The van der Waals surface area contributed by atoms with Crippen molar-refractivity contribution in [3.05, 3.63) is 23.8 Å². The van der Waals surface area contributed by atoms with Gasteiger partial charge in [0, 0.05) is 12.7 Å². The molecule has 2 atom stereocenters. The number of rotatable bonds is 5. The minimum Gasteiger partial charge on any atom is -0.482 e. The van der Waals surface area contributed by atoms with Crippen molar-refractivity contribution in [1.29, 1.82) is 0 Å². The molecule has 0 aromatic heterocycles. The van der Waals surface area contributed by atoms with Gasteiger partial charge in [0.15, 0.2) is 11.7 Å². The maximum atomic E-state index is 11.3. The summed E-state index contributed by atoms with van der Waals surface area (Å²) in [6, 6.07) is 4.87. The molecule has 0 radical (unpaired) electrons. The number of amides is 1. The first-order valence-electron chi connectivity index (χ1n) is 6.53. The van der Waals surface area contributed by atoms with E-state index in [1.54, 1.807) is 18.2 Å². The molecule has 2 rings (SSSR count). The molecule has 0 spiro atoms. The Kier molecular flexibility index (Phi) is 5.22. The van der Waals surface area contributed by atoms with Gasteiger partial charge in [-0.25, -0.2) is 0 Å². The summed E-state index contributed by atoms with van der Waals surface area (Å²) in [6.07, 6.45) is -1.76. The lowest BCUT2D eigenvalue weighted by molar-refractivity contribution is -0.118. The van der Waals surface area contributed by atoms with Gasteiger partial charge in [-0.1, -0.05) is 17.8 Å². The van der Waals surface area contributed by atoms with Crippen LogP contribution in [0.15, 0.2) is 18.2 Å². The summed E-state index contributed by atoms with van der Waals surface area (Å²) in [4.78, 5) is 22.1. The van der Waals surface area contributed by atoms with Gasteiger partial charge >= 0.3 is 0 Å². The van der Waals surface area contributed by atoms with Gasteiger partial charge in [-0.2, -0.15) is 0 Å². The first-order valence-corrected chi connectivity index (χ1v) is 7.52. The van der Waals surface area contributed by atoms with Crippen molar-refractivity contribution in [2.45, 2.75) is 25.6 Å². The molecule has 1 aliphatic heterocycles. The number of anilines is 1. The fraction of sp³-hybridized carbons (Fsp3) is 0.429. The summed E-state index contributed by atoms with van der Waals surface area (Å²) in [5.41, 5.74) is 0.966. The zero-order valence-electron chi connectivity index (χ0n) is 11.5. The zero-order chi connectivity index (χ0) is 15.4. The summed E-state index contributed by atoms with van der Waals surface area (Å²) in [5, 5.41) is 22.7. The Balaban J connectivity index is 2.02. The Morgan fingerprint density at radius 2 is 2.24 bits per heavy atom. The van der Waals surface area contributed by atoms with Gasteiger partial charge in [-0.05, 0) is 24.1 Å². The molecule has 1 aromatic carbocycles. The van der Waals surface area contributed by atoms with Crippen LogP contribution in [0, 0.1) is 0 Å². The van der Waals surface area contributed by atoms with Gasteiger partial charge in [-0.3, -0.25) is 9.59 Å². The molecule has 21 heavy (non-hydrogen) atoms. The molecule has 2 unspecified atom stereocenters. The summed E-state index contributed by atoms with van der Waals surface area (Å²) < 4.78 is 5.23. The monoisotopic (exact) mass is 311 g/mol. The van der Waals surface area contributed by atoms with E-state index in [-0.39, 0.29) is 17.6 Å². The van der Waals surface area contributed by atoms with E-state index in [0.29, 0.717) is 29.2 Å². The fourth-order valence-electron chi connectivity index (χ4n) is 1.99. The highest BCUT2D eigenvalue weighted by Gasteiger charge is 2.22. The highest BCUT2D eigenvalue weighted by molar-refractivity contribution is 8.13. The van der Waals surface area contributed by atoms with Crippen LogP contribution >= 0.6 is 11.8 Å². The molecule has 1 heterocycles. The van der Waals surface area contributed by atoms with Gasteiger partial charge in [0.2, 0.25) is 0 Å². The van der Waals surface area contributed by atoms with Crippen LogP contribution in [0.3, 0.4) is 0 Å². The largest absolute Gasteiger partial charge is 0.482 e. The SMILES string of the molecule is CC(=O)SCCC(O)C(O)c1ccc2c(c1)NC(=O)CO2.